The molecule has 0 radical (unpaired) electrons. The van der Waals surface area contributed by atoms with Gasteiger partial charge in [-0.2, -0.15) is 13.1 Å². The average Bonchev–Trinajstić information content (AvgIpc) is 3.35. The molecule has 0 fully saturated rings. The number of Topliss-reactive ketones (excluding diaryl/α,β-unsaturated/α-hetero) is 1. The molecule has 5 rings (SSSR count). The van der Waals surface area contributed by atoms with Crippen LogP contribution >= 0.6 is 7.52 Å². The van der Waals surface area contributed by atoms with E-state index in [2.05, 4.69) is 14.8 Å². The maximum Gasteiger partial charge on any atom is 0.382 e. The van der Waals surface area contributed by atoms with Gasteiger partial charge >= 0.3 is 17.8 Å². The highest BCUT2D eigenvalue weighted by Gasteiger charge is 2.37. The fourth-order valence-electron chi connectivity index (χ4n) is 5.07. The number of nitrogens with zero attached hydrogens (tertiary/aromatic N) is 2. The Morgan fingerprint density at radius 2 is 1.85 bits per heavy atom. The van der Waals surface area contributed by atoms with Crippen LogP contribution in [-0.2, 0) is 32.8 Å². The summed E-state index contributed by atoms with van der Waals surface area (Å²) in [4.78, 5) is 31.1. The number of para-hydroxylation sites is 1. The standard InChI is InChI=1S/C31H32FN4O8PS/c1-3-26(37)20(2)35-45(40,43-23-8-5-4-6-9-23)17-16-34-46(41,42)44-30-24-10-7-15-33-28(24)29(38)27-25(30)19-36(31(27)39)18-21-11-13-22(32)14-12-21/h4-15,20,34,38H,3,16-19H2,1-2H3,(H,35,40)/t20-,45?/m0/s1. The van der Waals surface area contributed by atoms with Gasteiger partial charge in [0.05, 0.1) is 24.3 Å². The summed E-state index contributed by atoms with van der Waals surface area (Å²) in [6.07, 6.45) is 1.23. The van der Waals surface area contributed by atoms with Crippen LogP contribution in [0.4, 0.5) is 4.39 Å². The lowest BCUT2D eigenvalue weighted by molar-refractivity contribution is -0.120. The van der Waals surface area contributed by atoms with Crippen molar-refractivity contribution in [2.24, 2.45) is 0 Å². The monoisotopic (exact) mass is 670 g/mol. The number of hydrogen-bond acceptors (Lipinski definition) is 9. The second kappa shape index (κ2) is 13.6. The minimum atomic E-state index is -4.61. The normalized spacial score (nSPS) is 14.9. The van der Waals surface area contributed by atoms with Crippen LogP contribution in [0.3, 0.4) is 0 Å². The minimum Gasteiger partial charge on any atom is -0.505 e. The summed E-state index contributed by atoms with van der Waals surface area (Å²) in [5.41, 5.74) is 0.551. The highest BCUT2D eigenvalue weighted by molar-refractivity contribution is 7.85. The summed E-state index contributed by atoms with van der Waals surface area (Å²) < 4.78 is 67.3. The molecule has 3 N–H and O–H groups in total. The van der Waals surface area contributed by atoms with Gasteiger partial charge in [-0.3, -0.25) is 19.1 Å². The van der Waals surface area contributed by atoms with E-state index in [-0.39, 0.29) is 65.0 Å². The molecule has 1 aliphatic heterocycles. The molecule has 2 heterocycles. The van der Waals surface area contributed by atoms with Crippen molar-refractivity contribution in [1.82, 2.24) is 19.7 Å². The van der Waals surface area contributed by atoms with E-state index >= 15 is 0 Å². The van der Waals surface area contributed by atoms with E-state index in [4.69, 9.17) is 8.71 Å². The number of aromatic hydroxyl groups is 1. The predicted octanol–water partition coefficient (Wildman–Crippen LogP) is 4.68. The van der Waals surface area contributed by atoms with Crippen molar-refractivity contribution in [3.63, 3.8) is 0 Å². The van der Waals surface area contributed by atoms with E-state index in [0.717, 1.165) is 0 Å². The predicted molar refractivity (Wildman–Crippen MR) is 168 cm³/mol. The van der Waals surface area contributed by atoms with Gasteiger partial charge in [-0.15, -0.1) is 0 Å². The number of nitrogens with one attached hydrogen (secondary N) is 2. The fourth-order valence-corrected chi connectivity index (χ4v) is 7.92. The van der Waals surface area contributed by atoms with E-state index in [0.29, 0.717) is 5.56 Å². The first kappa shape index (κ1) is 33.0. The van der Waals surface area contributed by atoms with Crippen LogP contribution in [0, 0.1) is 5.82 Å². The third-order valence-electron chi connectivity index (χ3n) is 7.32. The Balaban J connectivity index is 1.38. The molecule has 15 heteroatoms. The zero-order valence-electron chi connectivity index (χ0n) is 25.0. The van der Waals surface area contributed by atoms with E-state index < -0.39 is 47.9 Å². The summed E-state index contributed by atoms with van der Waals surface area (Å²) in [7, 11) is -8.42. The summed E-state index contributed by atoms with van der Waals surface area (Å²) in [5, 5.41) is 13.9. The molecule has 242 valence electrons. The van der Waals surface area contributed by atoms with Crippen molar-refractivity contribution >= 4 is 40.4 Å². The number of amides is 1. The molecular formula is C31H32FN4O8PS. The number of aromatic nitrogens is 1. The number of carbonyl (C=O) groups excluding carboxylic acids is 2. The van der Waals surface area contributed by atoms with Gasteiger partial charge in [0.2, 0.25) is 0 Å². The summed E-state index contributed by atoms with van der Waals surface area (Å²) in [5.74, 6) is -1.59. The first-order chi connectivity index (χ1) is 21.9. The van der Waals surface area contributed by atoms with E-state index in [1.807, 2.05) is 0 Å². The SMILES string of the molecule is CCC(=O)[C@H](C)NP(=O)(CCNS(=O)(=O)Oc1c2c(c(O)c3ncccc13)C(=O)N(Cc1ccc(F)cc1)C2)Oc1ccccc1. The van der Waals surface area contributed by atoms with Gasteiger partial charge in [0.15, 0.2) is 11.5 Å². The molecule has 0 saturated carbocycles. The van der Waals surface area contributed by atoms with Crippen molar-refractivity contribution in [3.05, 3.63) is 95.4 Å². The number of hydrogen-bond donors (Lipinski definition) is 3. The smallest absolute Gasteiger partial charge is 0.382 e. The summed E-state index contributed by atoms with van der Waals surface area (Å²) in [6, 6.07) is 16.0. The van der Waals surface area contributed by atoms with Gasteiger partial charge < -0.3 is 18.7 Å². The summed E-state index contributed by atoms with van der Waals surface area (Å²) in [6.45, 7) is 2.76. The molecule has 2 atom stereocenters. The number of phenols is 1. The lowest BCUT2D eigenvalue weighted by Crippen LogP contribution is -2.36. The Hall–Kier alpha value is -4.36. The number of halogens is 1. The van der Waals surface area contributed by atoms with Gasteiger partial charge in [0, 0.05) is 36.7 Å². The Labute approximate surface area is 265 Å². The highest BCUT2D eigenvalue weighted by atomic mass is 32.2. The van der Waals surface area contributed by atoms with Crippen molar-refractivity contribution in [1.29, 1.82) is 0 Å². The zero-order valence-corrected chi connectivity index (χ0v) is 26.7. The van der Waals surface area contributed by atoms with E-state index in [1.54, 1.807) is 44.2 Å². The molecule has 1 amide bonds. The summed E-state index contributed by atoms with van der Waals surface area (Å²) >= 11 is 0. The first-order valence-electron chi connectivity index (χ1n) is 14.4. The maximum absolute atomic E-state index is 13.8. The van der Waals surface area contributed by atoms with E-state index in [1.165, 1.54) is 47.5 Å². The molecule has 1 unspecified atom stereocenters. The topological polar surface area (TPSA) is 164 Å². The second-order valence-electron chi connectivity index (χ2n) is 10.6. The van der Waals surface area contributed by atoms with Crippen molar-refractivity contribution in [2.75, 3.05) is 12.7 Å². The van der Waals surface area contributed by atoms with Crippen molar-refractivity contribution < 1.29 is 40.8 Å². The van der Waals surface area contributed by atoms with Crippen LogP contribution in [0.2, 0.25) is 0 Å². The molecule has 0 saturated heterocycles. The lowest BCUT2D eigenvalue weighted by atomic mass is 10.0. The number of pyridine rings is 1. The van der Waals surface area contributed by atoms with Crippen molar-refractivity contribution in [2.45, 2.75) is 39.4 Å². The largest absolute Gasteiger partial charge is 0.505 e. The van der Waals surface area contributed by atoms with Crippen LogP contribution in [-0.4, -0.2) is 53.8 Å². The Kier molecular flexibility index (Phi) is 9.73. The van der Waals surface area contributed by atoms with Crippen LogP contribution in [0.15, 0.2) is 72.9 Å². The molecule has 1 aromatic heterocycles. The van der Waals surface area contributed by atoms with Crippen molar-refractivity contribution in [3.8, 4) is 17.2 Å². The molecular weight excluding hydrogens is 638 g/mol. The lowest BCUT2D eigenvalue weighted by Gasteiger charge is -2.24. The van der Waals surface area contributed by atoms with Crippen LogP contribution in [0.5, 0.6) is 17.2 Å². The highest BCUT2D eigenvalue weighted by Crippen LogP contribution is 2.45. The number of rotatable bonds is 14. The number of fused-ring (bicyclic) bond motifs is 2. The quantitative estimate of drug-likeness (QED) is 0.161. The van der Waals surface area contributed by atoms with Gasteiger partial charge in [-0.05, 0) is 48.9 Å². The minimum absolute atomic E-state index is 0.0389. The first-order valence-corrected chi connectivity index (χ1v) is 17.6. The van der Waals surface area contributed by atoms with Gasteiger partial charge in [-0.25, -0.2) is 9.48 Å². The Bertz CT molecular complexity index is 1930. The van der Waals surface area contributed by atoms with Crippen LogP contribution in [0.25, 0.3) is 10.9 Å². The van der Waals surface area contributed by atoms with Crippen LogP contribution < -0.4 is 18.5 Å². The fraction of sp³-hybridized carbons (Fsp3) is 0.258. The third kappa shape index (κ3) is 7.37. The Morgan fingerprint density at radius 1 is 1.13 bits per heavy atom. The van der Waals surface area contributed by atoms with Gasteiger partial charge in [-0.1, -0.05) is 37.3 Å². The molecule has 46 heavy (non-hydrogen) atoms. The number of phenolic OH excluding ortho intramolecular Hbond substituents is 1. The number of carbonyl (C=O) groups is 2. The molecule has 4 aromatic rings. The third-order valence-corrected chi connectivity index (χ3v) is 10.4. The van der Waals surface area contributed by atoms with E-state index in [9.17, 15) is 32.1 Å². The molecule has 0 aliphatic carbocycles. The number of benzene rings is 3. The van der Waals surface area contributed by atoms with Crippen LogP contribution in [0.1, 0.15) is 41.8 Å². The van der Waals surface area contributed by atoms with Gasteiger partial charge in [0.1, 0.15) is 22.9 Å². The second-order valence-corrected chi connectivity index (χ2v) is 14.2. The molecule has 0 spiro atoms. The maximum atomic E-state index is 13.8. The van der Waals surface area contributed by atoms with Gasteiger partial charge in [0.25, 0.3) is 5.91 Å². The number of ketones is 1. The molecule has 1 aliphatic rings. The zero-order chi connectivity index (χ0) is 33.1. The molecule has 12 nitrogen and oxygen atoms in total. The average molecular weight is 671 g/mol. The molecule has 0 bridgehead atoms. The Morgan fingerprint density at radius 3 is 2.54 bits per heavy atom. The molecule has 3 aromatic carbocycles.